The minimum atomic E-state index is -0.534. The molecular weight excluding hydrogens is 222 g/mol. The zero-order valence-electron chi connectivity index (χ0n) is 10.8. The van der Waals surface area contributed by atoms with Crippen LogP contribution in [0.25, 0.3) is 0 Å². The number of hydrogen-bond acceptors (Lipinski definition) is 5. The molecule has 0 amide bonds. The largest absolute Gasteiger partial charge is 0.463 e. The molecule has 0 aliphatic rings. The Labute approximate surface area is 102 Å². The van der Waals surface area contributed by atoms with Crippen molar-refractivity contribution >= 4 is 11.9 Å². The van der Waals surface area contributed by atoms with Crippen molar-refractivity contribution in [3.63, 3.8) is 0 Å². The van der Waals surface area contributed by atoms with E-state index in [1.807, 2.05) is 13.8 Å². The van der Waals surface area contributed by atoms with Crippen LogP contribution in [-0.2, 0) is 19.1 Å². The van der Waals surface area contributed by atoms with Crippen molar-refractivity contribution in [2.75, 3.05) is 32.8 Å². The van der Waals surface area contributed by atoms with Crippen molar-refractivity contribution in [2.45, 2.75) is 20.8 Å². The summed E-state index contributed by atoms with van der Waals surface area (Å²) in [7, 11) is 0. The van der Waals surface area contributed by atoms with Crippen LogP contribution in [0.5, 0.6) is 0 Å². The van der Waals surface area contributed by atoms with Crippen LogP contribution in [0.15, 0.2) is 12.2 Å². The smallest absolute Gasteiger partial charge is 0.331 e. The molecule has 0 aromatic carbocycles. The van der Waals surface area contributed by atoms with Gasteiger partial charge in [-0.1, -0.05) is 13.8 Å². The van der Waals surface area contributed by atoms with Gasteiger partial charge in [0, 0.05) is 18.7 Å². The third-order valence-corrected chi connectivity index (χ3v) is 2.19. The summed E-state index contributed by atoms with van der Waals surface area (Å²) in [6.45, 7) is 8.96. The number of likely N-dealkylation sites (N-methyl/N-ethyl adjacent to an activating group) is 1. The summed E-state index contributed by atoms with van der Waals surface area (Å²) in [6.07, 6.45) is 2.16. The van der Waals surface area contributed by atoms with Gasteiger partial charge in [0.2, 0.25) is 0 Å². The lowest BCUT2D eigenvalue weighted by molar-refractivity contribution is -0.140. The molecule has 5 heteroatoms. The topological polar surface area (TPSA) is 55.8 Å². The van der Waals surface area contributed by atoms with Crippen molar-refractivity contribution < 1.29 is 19.1 Å². The van der Waals surface area contributed by atoms with Crippen LogP contribution in [0, 0.1) is 0 Å². The monoisotopic (exact) mass is 243 g/mol. The van der Waals surface area contributed by atoms with E-state index in [-0.39, 0.29) is 0 Å². The summed E-state index contributed by atoms with van der Waals surface area (Å²) < 4.78 is 9.56. The molecule has 0 aromatic heterocycles. The van der Waals surface area contributed by atoms with Crippen LogP contribution >= 0.6 is 0 Å². The molecule has 0 unspecified atom stereocenters. The second kappa shape index (κ2) is 9.84. The van der Waals surface area contributed by atoms with Gasteiger partial charge in [-0.15, -0.1) is 0 Å². The quantitative estimate of drug-likeness (QED) is 0.470. The second-order valence-corrected chi connectivity index (χ2v) is 3.28. The lowest BCUT2D eigenvalue weighted by atomic mass is 10.5. The van der Waals surface area contributed by atoms with Gasteiger partial charge in [-0.3, -0.25) is 0 Å². The molecule has 5 nitrogen and oxygen atoms in total. The summed E-state index contributed by atoms with van der Waals surface area (Å²) >= 11 is 0. The summed E-state index contributed by atoms with van der Waals surface area (Å²) in [5, 5.41) is 0. The molecule has 17 heavy (non-hydrogen) atoms. The molecule has 0 saturated heterocycles. The molecule has 0 bridgehead atoms. The molecule has 0 spiro atoms. The van der Waals surface area contributed by atoms with Crippen LogP contribution in [0.4, 0.5) is 0 Å². The first-order chi connectivity index (χ1) is 8.13. The van der Waals surface area contributed by atoms with Gasteiger partial charge >= 0.3 is 11.9 Å². The zero-order chi connectivity index (χ0) is 13.1. The first-order valence-electron chi connectivity index (χ1n) is 5.87. The third-order valence-electron chi connectivity index (χ3n) is 2.19. The molecule has 0 aromatic rings. The highest BCUT2D eigenvalue weighted by Gasteiger charge is 2.02. The van der Waals surface area contributed by atoms with Crippen LogP contribution in [0.2, 0.25) is 0 Å². The molecule has 0 N–H and O–H groups in total. The maximum absolute atomic E-state index is 11.2. The minimum Gasteiger partial charge on any atom is -0.463 e. The van der Waals surface area contributed by atoms with Crippen molar-refractivity contribution in [1.29, 1.82) is 0 Å². The molecule has 0 rings (SSSR count). The lowest BCUT2D eigenvalue weighted by Gasteiger charge is -2.16. The second-order valence-electron chi connectivity index (χ2n) is 3.28. The number of esters is 2. The van der Waals surface area contributed by atoms with E-state index >= 15 is 0 Å². The molecule has 0 saturated carbocycles. The highest BCUT2D eigenvalue weighted by atomic mass is 16.5. The van der Waals surface area contributed by atoms with Crippen molar-refractivity contribution in [1.82, 2.24) is 4.90 Å². The molecule has 0 aliphatic heterocycles. The van der Waals surface area contributed by atoms with Crippen molar-refractivity contribution in [3.05, 3.63) is 12.2 Å². The van der Waals surface area contributed by atoms with E-state index in [1.54, 1.807) is 6.92 Å². The summed E-state index contributed by atoms with van der Waals surface area (Å²) in [5.74, 6) is -1.06. The fourth-order valence-electron chi connectivity index (χ4n) is 1.19. The van der Waals surface area contributed by atoms with Gasteiger partial charge in [-0.2, -0.15) is 0 Å². The molecule has 0 aliphatic carbocycles. The average molecular weight is 243 g/mol. The van der Waals surface area contributed by atoms with E-state index < -0.39 is 11.9 Å². The molecule has 0 heterocycles. The Kier molecular flexibility index (Phi) is 9.05. The maximum Gasteiger partial charge on any atom is 0.331 e. The number of hydrogen-bond donors (Lipinski definition) is 0. The van der Waals surface area contributed by atoms with Crippen LogP contribution in [0.1, 0.15) is 20.8 Å². The first-order valence-corrected chi connectivity index (χ1v) is 5.87. The fraction of sp³-hybridized carbons (Fsp3) is 0.667. The Hall–Kier alpha value is -1.36. The third kappa shape index (κ3) is 8.45. The highest BCUT2D eigenvalue weighted by molar-refractivity contribution is 5.91. The zero-order valence-corrected chi connectivity index (χ0v) is 10.8. The number of rotatable bonds is 8. The summed E-state index contributed by atoms with van der Waals surface area (Å²) in [6, 6.07) is 0. The molecule has 0 fully saturated rings. The van der Waals surface area contributed by atoms with E-state index in [2.05, 4.69) is 9.64 Å². The Bertz CT molecular complexity index is 259. The Morgan fingerprint density at radius 1 is 1.00 bits per heavy atom. The van der Waals surface area contributed by atoms with Crippen molar-refractivity contribution in [2.24, 2.45) is 0 Å². The van der Waals surface area contributed by atoms with Gasteiger partial charge in [0.25, 0.3) is 0 Å². The summed E-state index contributed by atoms with van der Waals surface area (Å²) in [4.78, 5) is 24.2. The van der Waals surface area contributed by atoms with E-state index in [0.717, 1.165) is 25.2 Å². The van der Waals surface area contributed by atoms with E-state index in [0.29, 0.717) is 19.8 Å². The predicted molar refractivity (Wildman–Crippen MR) is 64.5 cm³/mol. The normalized spacial score (nSPS) is 10.8. The SMILES string of the molecule is CCOC(=O)/C=C/C(=O)OCCN(CC)CC. The van der Waals surface area contributed by atoms with Gasteiger partial charge < -0.3 is 14.4 Å². The fourth-order valence-corrected chi connectivity index (χ4v) is 1.19. The predicted octanol–water partition coefficient (Wildman–Crippen LogP) is 0.991. The molecular formula is C12H21NO4. The van der Waals surface area contributed by atoms with Gasteiger partial charge in [0.15, 0.2) is 0 Å². The number of nitrogens with zero attached hydrogens (tertiary/aromatic N) is 1. The van der Waals surface area contributed by atoms with Crippen molar-refractivity contribution in [3.8, 4) is 0 Å². The Balaban J connectivity index is 3.76. The van der Waals surface area contributed by atoms with Gasteiger partial charge in [0.05, 0.1) is 6.61 Å². The molecule has 0 atom stereocenters. The van der Waals surface area contributed by atoms with Gasteiger partial charge in [-0.05, 0) is 20.0 Å². The maximum atomic E-state index is 11.2. The number of ether oxygens (including phenoxy) is 2. The average Bonchev–Trinajstić information content (AvgIpc) is 2.32. The minimum absolute atomic E-state index is 0.292. The number of carbonyl (C=O) groups excluding carboxylic acids is 2. The number of carbonyl (C=O) groups is 2. The summed E-state index contributed by atoms with van der Waals surface area (Å²) in [5.41, 5.74) is 0. The lowest BCUT2D eigenvalue weighted by Crippen LogP contribution is -2.27. The highest BCUT2D eigenvalue weighted by Crippen LogP contribution is 1.89. The van der Waals surface area contributed by atoms with Crippen LogP contribution in [0.3, 0.4) is 0 Å². The van der Waals surface area contributed by atoms with E-state index in [9.17, 15) is 9.59 Å². The van der Waals surface area contributed by atoms with Crippen LogP contribution in [-0.4, -0.2) is 49.7 Å². The molecule has 98 valence electrons. The Morgan fingerprint density at radius 3 is 2.00 bits per heavy atom. The standard InChI is InChI=1S/C12H21NO4/c1-4-13(5-2)9-10-17-12(15)8-7-11(14)16-6-3/h7-8H,4-6,9-10H2,1-3H3/b8-7+. The molecule has 0 radical (unpaired) electrons. The van der Waals surface area contributed by atoms with E-state index in [4.69, 9.17) is 4.74 Å². The van der Waals surface area contributed by atoms with Crippen LogP contribution < -0.4 is 0 Å². The van der Waals surface area contributed by atoms with Gasteiger partial charge in [0.1, 0.15) is 6.61 Å². The Morgan fingerprint density at radius 2 is 1.53 bits per heavy atom. The first kappa shape index (κ1) is 15.6. The van der Waals surface area contributed by atoms with E-state index in [1.165, 1.54) is 0 Å². The van der Waals surface area contributed by atoms with Gasteiger partial charge in [-0.25, -0.2) is 9.59 Å².